The quantitative estimate of drug-likeness (QED) is 0.152. The van der Waals surface area contributed by atoms with E-state index in [9.17, 15) is 18.0 Å². The van der Waals surface area contributed by atoms with Crippen LogP contribution >= 0.6 is 31.9 Å². The topological polar surface area (TPSA) is 96.0 Å². The van der Waals surface area contributed by atoms with Crippen LogP contribution in [0.2, 0.25) is 0 Å². The highest BCUT2D eigenvalue weighted by atomic mass is 79.9. The van der Waals surface area contributed by atoms with Crippen LogP contribution in [0.3, 0.4) is 0 Å². The molecule has 4 aromatic carbocycles. The molecule has 5 rings (SSSR count). The molecule has 2 amide bonds. The summed E-state index contributed by atoms with van der Waals surface area (Å²) in [5.74, 6) is -0.281. The third-order valence-electron chi connectivity index (χ3n) is 8.53. The van der Waals surface area contributed by atoms with Crippen LogP contribution in [-0.4, -0.2) is 50.9 Å². The van der Waals surface area contributed by atoms with E-state index in [1.807, 2.05) is 61.5 Å². The van der Waals surface area contributed by atoms with Crippen molar-refractivity contribution >= 4 is 59.4 Å². The van der Waals surface area contributed by atoms with Crippen LogP contribution in [0.1, 0.15) is 42.4 Å². The number of benzene rings is 4. The SMILES string of the molecule is COc1ccc(S(=O)(=O)N(CC(=O)N(Cc2cccc(Br)c2)[C@H](Cc2ccccc2)C(=O)NC2CCCC2)c2ccc(C)cc2)cc1Br. The molecule has 0 radical (unpaired) electrons. The standard InChI is InChI=1S/C37H39Br2N3O5S/c1-26-15-17-31(18-16-26)42(48(45,46)32-19-20-35(47-2)33(39)23-32)25-36(43)41(24-28-11-8-12-29(38)21-28)34(22-27-9-4-3-5-10-27)37(44)40-30-13-6-7-14-30/h3-5,8-12,15-21,23,30,34H,6-7,13-14,22,24-25H2,1-2H3,(H,40,44)/t34-/m1/s1. The minimum Gasteiger partial charge on any atom is -0.496 e. The Labute approximate surface area is 299 Å². The number of halogens is 2. The van der Waals surface area contributed by atoms with E-state index in [1.54, 1.807) is 30.3 Å². The highest BCUT2D eigenvalue weighted by Gasteiger charge is 2.35. The summed E-state index contributed by atoms with van der Waals surface area (Å²) in [4.78, 5) is 30.4. The van der Waals surface area contributed by atoms with Gasteiger partial charge in [0.2, 0.25) is 11.8 Å². The molecular weight excluding hydrogens is 758 g/mol. The molecule has 1 aliphatic rings. The normalized spacial score (nSPS) is 13.9. The highest BCUT2D eigenvalue weighted by Crippen LogP contribution is 2.31. The third-order valence-corrected chi connectivity index (χ3v) is 11.4. The summed E-state index contributed by atoms with van der Waals surface area (Å²) in [6, 6.07) is 27.7. The highest BCUT2D eigenvalue weighted by molar-refractivity contribution is 9.10. The van der Waals surface area contributed by atoms with Gasteiger partial charge in [0.25, 0.3) is 10.0 Å². The number of anilines is 1. The number of nitrogens with zero attached hydrogens (tertiary/aromatic N) is 2. The smallest absolute Gasteiger partial charge is 0.264 e. The van der Waals surface area contributed by atoms with Crippen molar-refractivity contribution in [1.82, 2.24) is 10.2 Å². The molecule has 1 aliphatic carbocycles. The van der Waals surface area contributed by atoms with Crippen LogP contribution in [-0.2, 0) is 32.6 Å². The minimum absolute atomic E-state index is 0.0121. The first-order chi connectivity index (χ1) is 23.0. The second-order valence-corrected chi connectivity index (χ2v) is 15.6. The van der Waals surface area contributed by atoms with Crippen LogP contribution < -0.4 is 14.4 Å². The lowest BCUT2D eigenvalue weighted by Gasteiger charge is -2.34. The molecule has 1 fully saturated rings. The maximum absolute atomic E-state index is 14.7. The van der Waals surface area contributed by atoms with Gasteiger partial charge in [-0.25, -0.2) is 8.42 Å². The van der Waals surface area contributed by atoms with Gasteiger partial charge in [0.05, 0.1) is 22.2 Å². The Morgan fingerprint density at radius 3 is 2.23 bits per heavy atom. The zero-order chi connectivity index (χ0) is 34.3. The molecule has 252 valence electrons. The summed E-state index contributed by atoms with van der Waals surface area (Å²) in [7, 11) is -2.75. The number of hydrogen-bond donors (Lipinski definition) is 1. The number of sulfonamides is 1. The van der Waals surface area contributed by atoms with Crippen LogP contribution in [0.4, 0.5) is 5.69 Å². The molecule has 1 N–H and O–H groups in total. The maximum atomic E-state index is 14.7. The molecule has 0 spiro atoms. The number of carbonyl (C=O) groups excluding carboxylic acids is 2. The van der Waals surface area contributed by atoms with Gasteiger partial charge in [0.15, 0.2) is 0 Å². The van der Waals surface area contributed by atoms with E-state index in [4.69, 9.17) is 4.74 Å². The van der Waals surface area contributed by atoms with Crippen LogP contribution in [0.25, 0.3) is 0 Å². The van der Waals surface area contributed by atoms with Crippen LogP contribution in [0, 0.1) is 6.92 Å². The Morgan fingerprint density at radius 1 is 0.896 bits per heavy atom. The fourth-order valence-corrected chi connectivity index (χ4v) is 8.51. The summed E-state index contributed by atoms with van der Waals surface area (Å²) in [5.41, 5.74) is 2.96. The Bertz CT molecular complexity index is 1830. The van der Waals surface area contributed by atoms with Gasteiger partial charge in [-0.3, -0.25) is 13.9 Å². The predicted molar refractivity (Wildman–Crippen MR) is 195 cm³/mol. The van der Waals surface area contributed by atoms with Crippen molar-refractivity contribution in [2.45, 2.75) is 62.6 Å². The summed E-state index contributed by atoms with van der Waals surface area (Å²) >= 11 is 6.93. The molecule has 0 aliphatic heterocycles. The predicted octanol–water partition coefficient (Wildman–Crippen LogP) is 7.42. The molecule has 0 bridgehead atoms. The van der Waals surface area contributed by atoms with Crippen molar-refractivity contribution in [3.8, 4) is 5.75 Å². The largest absolute Gasteiger partial charge is 0.496 e. The first-order valence-electron chi connectivity index (χ1n) is 15.9. The van der Waals surface area contributed by atoms with E-state index >= 15 is 0 Å². The van der Waals surface area contributed by atoms with Crippen molar-refractivity contribution in [2.24, 2.45) is 0 Å². The molecule has 0 saturated heterocycles. The van der Waals surface area contributed by atoms with E-state index in [0.29, 0.717) is 15.9 Å². The molecular formula is C37H39Br2N3O5S. The Morgan fingerprint density at radius 2 is 1.58 bits per heavy atom. The van der Waals surface area contributed by atoms with Gasteiger partial charge in [-0.05, 0) is 89.3 Å². The molecule has 8 nitrogen and oxygen atoms in total. The lowest BCUT2D eigenvalue weighted by Crippen LogP contribution is -2.54. The van der Waals surface area contributed by atoms with Crippen molar-refractivity contribution in [2.75, 3.05) is 18.0 Å². The van der Waals surface area contributed by atoms with E-state index in [0.717, 1.165) is 51.2 Å². The summed E-state index contributed by atoms with van der Waals surface area (Å²) in [5, 5.41) is 3.21. The molecule has 0 aromatic heterocycles. The van der Waals surface area contributed by atoms with Gasteiger partial charge < -0.3 is 15.0 Å². The first-order valence-corrected chi connectivity index (χ1v) is 18.9. The Kier molecular flexibility index (Phi) is 12.0. The maximum Gasteiger partial charge on any atom is 0.264 e. The number of rotatable bonds is 13. The zero-order valence-electron chi connectivity index (χ0n) is 26.9. The molecule has 11 heteroatoms. The Balaban J connectivity index is 1.57. The summed E-state index contributed by atoms with van der Waals surface area (Å²) in [6.07, 6.45) is 4.13. The summed E-state index contributed by atoms with van der Waals surface area (Å²) in [6.45, 7) is 1.49. The molecule has 0 heterocycles. The Hall–Kier alpha value is -3.67. The van der Waals surface area contributed by atoms with E-state index < -0.39 is 28.5 Å². The van der Waals surface area contributed by atoms with Crippen molar-refractivity contribution in [3.05, 3.63) is 123 Å². The van der Waals surface area contributed by atoms with E-state index in [2.05, 4.69) is 37.2 Å². The van der Waals surface area contributed by atoms with Gasteiger partial charge in [-0.1, -0.05) is 88.9 Å². The zero-order valence-corrected chi connectivity index (χ0v) is 30.9. The molecule has 48 heavy (non-hydrogen) atoms. The van der Waals surface area contributed by atoms with Gasteiger partial charge >= 0.3 is 0 Å². The lowest BCUT2D eigenvalue weighted by molar-refractivity contribution is -0.140. The van der Waals surface area contributed by atoms with E-state index in [1.165, 1.54) is 24.1 Å². The number of amides is 2. The molecule has 1 saturated carbocycles. The molecule has 0 unspecified atom stereocenters. The van der Waals surface area contributed by atoms with Crippen molar-refractivity contribution in [3.63, 3.8) is 0 Å². The van der Waals surface area contributed by atoms with Crippen LogP contribution in [0.15, 0.2) is 111 Å². The number of nitrogens with one attached hydrogen (secondary N) is 1. The number of carbonyl (C=O) groups is 2. The number of methoxy groups -OCH3 is 1. The molecule has 4 aromatic rings. The second kappa shape index (κ2) is 16.2. The van der Waals surface area contributed by atoms with Gasteiger partial charge in [0.1, 0.15) is 18.3 Å². The number of ether oxygens (including phenoxy) is 1. The van der Waals surface area contributed by atoms with Crippen molar-refractivity contribution < 1.29 is 22.7 Å². The van der Waals surface area contributed by atoms with Crippen LogP contribution in [0.5, 0.6) is 5.75 Å². The van der Waals surface area contributed by atoms with Gasteiger partial charge in [-0.2, -0.15) is 0 Å². The monoisotopic (exact) mass is 795 g/mol. The second-order valence-electron chi connectivity index (χ2n) is 12.0. The minimum atomic E-state index is -4.25. The van der Waals surface area contributed by atoms with Gasteiger partial charge in [0, 0.05) is 23.5 Å². The average molecular weight is 798 g/mol. The summed E-state index contributed by atoms with van der Waals surface area (Å²) < 4.78 is 36.5. The molecule has 1 atom stereocenters. The van der Waals surface area contributed by atoms with E-state index in [-0.39, 0.29) is 29.8 Å². The first kappa shape index (κ1) is 35.6. The number of hydrogen-bond acceptors (Lipinski definition) is 5. The fraction of sp³-hybridized carbons (Fsp3) is 0.297. The number of aryl methyl sites for hydroxylation is 1. The third kappa shape index (κ3) is 8.86. The van der Waals surface area contributed by atoms with Gasteiger partial charge in [-0.15, -0.1) is 0 Å². The lowest BCUT2D eigenvalue weighted by atomic mass is 10.0. The fourth-order valence-electron chi connectivity index (χ4n) is 5.93. The average Bonchev–Trinajstić information content (AvgIpc) is 3.59. The van der Waals surface area contributed by atoms with Crippen molar-refractivity contribution in [1.29, 1.82) is 0 Å².